The summed E-state index contributed by atoms with van der Waals surface area (Å²) in [5.41, 5.74) is 2.88. The molecule has 3 aromatic rings. The van der Waals surface area contributed by atoms with Crippen molar-refractivity contribution in [1.29, 1.82) is 0 Å². The number of fused-ring (bicyclic) bond motifs is 1. The number of hydrogen-bond donors (Lipinski definition) is 0. The Bertz CT molecular complexity index is 933. The third-order valence-electron chi connectivity index (χ3n) is 3.45. The number of sulfonamides is 1. The van der Waals surface area contributed by atoms with E-state index in [4.69, 9.17) is 0 Å². The van der Waals surface area contributed by atoms with Crippen LogP contribution in [0.3, 0.4) is 0 Å². The van der Waals surface area contributed by atoms with Gasteiger partial charge in [0.1, 0.15) is 0 Å². The highest BCUT2D eigenvalue weighted by Crippen LogP contribution is 2.18. The largest absolute Gasteiger partial charge is 0.318 e. The second-order valence-electron chi connectivity index (χ2n) is 5.28. The molecular weight excluding hydrogens is 296 g/mol. The van der Waals surface area contributed by atoms with E-state index in [9.17, 15) is 8.42 Å². The van der Waals surface area contributed by atoms with Crippen molar-refractivity contribution in [2.24, 2.45) is 0 Å². The molecule has 0 bridgehead atoms. The number of aryl methyl sites for hydroxylation is 2. The van der Waals surface area contributed by atoms with Crippen LogP contribution >= 0.6 is 0 Å². The van der Waals surface area contributed by atoms with E-state index < -0.39 is 10.0 Å². The van der Waals surface area contributed by atoms with Gasteiger partial charge in [0.15, 0.2) is 16.2 Å². The van der Waals surface area contributed by atoms with Gasteiger partial charge >= 0.3 is 0 Å². The summed E-state index contributed by atoms with van der Waals surface area (Å²) in [6.07, 6.45) is 1.64. The van der Waals surface area contributed by atoms with Gasteiger partial charge in [0.25, 0.3) is 0 Å². The summed E-state index contributed by atoms with van der Waals surface area (Å²) in [5.74, 6) is 0. The minimum Gasteiger partial charge on any atom is -0.318 e. The van der Waals surface area contributed by atoms with Crippen LogP contribution in [-0.2, 0) is 10.0 Å². The number of hydrogen-bond acceptors (Lipinski definition) is 2. The number of benzene rings is 2. The Balaban J connectivity index is 2.04. The van der Waals surface area contributed by atoms with Crippen molar-refractivity contribution in [1.82, 2.24) is 0 Å². The van der Waals surface area contributed by atoms with Crippen molar-refractivity contribution in [2.45, 2.75) is 18.7 Å². The van der Waals surface area contributed by atoms with E-state index in [1.165, 1.54) is 4.68 Å². The van der Waals surface area contributed by atoms with E-state index >= 15 is 0 Å². The van der Waals surface area contributed by atoms with Gasteiger partial charge in [0.2, 0.25) is 5.52 Å². The summed E-state index contributed by atoms with van der Waals surface area (Å²) in [7, 11) is -3.74. The van der Waals surface area contributed by atoms with Crippen molar-refractivity contribution < 1.29 is 13.1 Å². The van der Waals surface area contributed by atoms with E-state index in [2.05, 4.69) is 4.83 Å². The Morgan fingerprint density at radius 1 is 0.909 bits per heavy atom. The lowest BCUT2D eigenvalue weighted by Crippen LogP contribution is -2.32. The zero-order valence-electron chi connectivity index (χ0n) is 12.4. The molecule has 0 N–H and O–H groups in total. The topological polar surface area (TPSA) is 52.1 Å². The number of rotatable bonds is 3. The molecule has 1 aromatic heterocycles. The van der Waals surface area contributed by atoms with Crippen LogP contribution in [0, 0.1) is 13.8 Å². The molecule has 0 saturated heterocycles. The van der Waals surface area contributed by atoms with E-state index in [1.807, 2.05) is 38.1 Å². The fraction of sp³-hybridized carbons (Fsp3) is 0.118. The molecule has 2 aromatic carbocycles. The van der Waals surface area contributed by atoms with E-state index in [0.29, 0.717) is 0 Å². The molecule has 0 aliphatic heterocycles. The van der Waals surface area contributed by atoms with Gasteiger partial charge in [-0.15, -0.1) is 0 Å². The average molecular weight is 312 g/mol. The molecule has 1 heterocycles. The summed E-state index contributed by atoms with van der Waals surface area (Å²) in [6.45, 7) is 3.91. The van der Waals surface area contributed by atoms with Gasteiger partial charge < -0.3 is 4.83 Å². The minimum atomic E-state index is -3.74. The molecule has 0 unspecified atom stereocenters. The molecule has 4 nitrogen and oxygen atoms in total. The first-order chi connectivity index (χ1) is 10.5. The second-order valence-corrected chi connectivity index (χ2v) is 6.87. The molecule has 0 radical (unpaired) electrons. The Morgan fingerprint density at radius 3 is 2.32 bits per heavy atom. The predicted molar refractivity (Wildman–Crippen MR) is 86.0 cm³/mol. The van der Waals surface area contributed by atoms with Gasteiger partial charge in [-0.05, 0) is 38.1 Å². The van der Waals surface area contributed by atoms with Gasteiger partial charge in [-0.1, -0.05) is 29.3 Å². The number of pyridine rings is 1. The van der Waals surface area contributed by atoms with Gasteiger partial charge in [0, 0.05) is 17.5 Å². The number of nitrogens with zero attached hydrogens (tertiary/aromatic N) is 2. The maximum absolute atomic E-state index is 12.4. The molecule has 0 aliphatic carbocycles. The number of aromatic nitrogens is 1. The molecule has 112 valence electrons. The van der Waals surface area contributed by atoms with Crippen LogP contribution in [0.4, 0.5) is 0 Å². The fourth-order valence-electron chi connectivity index (χ4n) is 2.27. The summed E-state index contributed by atoms with van der Waals surface area (Å²) < 4.78 is 26.3. The quantitative estimate of drug-likeness (QED) is 0.697. The van der Waals surface area contributed by atoms with Crippen LogP contribution in [0.1, 0.15) is 11.1 Å². The van der Waals surface area contributed by atoms with Crippen LogP contribution in [0.15, 0.2) is 65.7 Å². The predicted octanol–water partition coefficient (Wildman–Crippen LogP) is 3.27. The average Bonchev–Trinajstić information content (AvgIpc) is 2.47. The van der Waals surface area contributed by atoms with E-state index in [-0.39, 0.29) is 4.90 Å². The first-order valence-electron chi connectivity index (χ1n) is 6.92. The first kappa shape index (κ1) is 14.5. The highest BCUT2D eigenvalue weighted by Gasteiger charge is 2.11. The third kappa shape index (κ3) is 2.80. The van der Waals surface area contributed by atoms with Crippen LogP contribution in [0.25, 0.3) is 15.7 Å². The molecule has 5 heteroatoms. The fourth-order valence-corrected chi connectivity index (χ4v) is 3.22. The first-order valence-corrected chi connectivity index (χ1v) is 8.36. The maximum Gasteiger partial charge on any atom is 0.208 e. The molecule has 0 fully saturated rings. The molecule has 0 saturated carbocycles. The van der Waals surface area contributed by atoms with Crippen molar-refractivity contribution in [3.05, 3.63) is 76.8 Å². The van der Waals surface area contributed by atoms with Crippen molar-refractivity contribution in [2.75, 3.05) is 0 Å². The Labute approximate surface area is 130 Å². The molecule has 0 amide bonds. The zero-order valence-corrected chi connectivity index (χ0v) is 13.2. The Kier molecular flexibility index (Phi) is 3.58. The molecule has 0 aliphatic rings. The van der Waals surface area contributed by atoms with Gasteiger partial charge in [-0.25, -0.2) is 13.1 Å². The molecule has 3 rings (SSSR count). The van der Waals surface area contributed by atoms with E-state index in [0.717, 1.165) is 22.0 Å². The minimum absolute atomic E-state index is 0.190. The normalized spacial score (nSPS) is 11.5. The Morgan fingerprint density at radius 2 is 1.59 bits per heavy atom. The lowest BCUT2D eigenvalue weighted by molar-refractivity contribution is -0.585. The highest BCUT2D eigenvalue weighted by atomic mass is 32.2. The van der Waals surface area contributed by atoms with Crippen LogP contribution in [0.5, 0.6) is 0 Å². The van der Waals surface area contributed by atoms with Crippen molar-refractivity contribution in [3.8, 4) is 0 Å². The summed E-state index contributed by atoms with van der Waals surface area (Å²) in [6, 6.07) is 16.2. The maximum atomic E-state index is 12.4. The third-order valence-corrected chi connectivity index (χ3v) is 4.71. The van der Waals surface area contributed by atoms with Gasteiger partial charge in [-0.3, -0.25) is 0 Å². The van der Waals surface area contributed by atoms with Crippen LogP contribution < -0.4 is 4.68 Å². The van der Waals surface area contributed by atoms with Crippen molar-refractivity contribution in [3.63, 3.8) is 0 Å². The zero-order chi connectivity index (χ0) is 15.7. The van der Waals surface area contributed by atoms with E-state index in [1.54, 1.807) is 36.5 Å². The van der Waals surface area contributed by atoms with Crippen LogP contribution in [-0.4, -0.2) is 8.42 Å². The molecular formula is C17H16N2O2S. The van der Waals surface area contributed by atoms with Gasteiger partial charge in [-0.2, -0.15) is 0 Å². The smallest absolute Gasteiger partial charge is 0.208 e. The highest BCUT2D eigenvalue weighted by molar-refractivity contribution is 7.93. The van der Waals surface area contributed by atoms with Crippen molar-refractivity contribution >= 4 is 20.9 Å². The van der Waals surface area contributed by atoms with Gasteiger partial charge in [0.05, 0.1) is 4.90 Å². The monoisotopic (exact) mass is 312 g/mol. The molecule has 0 atom stereocenters. The SMILES string of the molecule is Cc1ccc(S(=O)(=O)[N-][n+]2cccc3cc(C)ccc32)cc1. The summed E-state index contributed by atoms with van der Waals surface area (Å²) >= 11 is 0. The second kappa shape index (κ2) is 5.42. The standard InChI is InChI=1S/C17H16N2O2S/c1-13-5-8-16(9-6-13)22(20,21)18-19-11-3-4-15-12-14(2)7-10-17(15)19/h3-12H,1-2H3. The molecule has 0 spiro atoms. The van der Waals surface area contributed by atoms with Crippen LogP contribution in [0.2, 0.25) is 0 Å². The summed E-state index contributed by atoms with van der Waals surface area (Å²) in [4.78, 5) is 4.13. The lowest BCUT2D eigenvalue weighted by Gasteiger charge is -2.16. The Hall–Kier alpha value is -2.40. The molecule has 22 heavy (non-hydrogen) atoms. The lowest BCUT2D eigenvalue weighted by atomic mass is 10.1. The summed E-state index contributed by atoms with van der Waals surface area (Å²) in [5, 5.41) is 0.949.